The van der Waals surface area contributed by atoms with Gasteiger partial charge in [-0.25, -0.2) is 14.6 Å². The van der Waals surface area contributed by atoms with E-state index in [9.17, 15) is 4.79 Å². The Morgan fingerprint density at radius 1 is 1.03 bits per heavy atom. The Hall–Kier alpha value is -3.33. The molecule has 8 nitrogen and oxygen atoms in total. The van der Waals surface area contributed by atoms with Gasteiger partial charge >= 0.3 is 0 Å². The van der Waals surface area contributed by atoms with Gasteiger partial charge in [0, 0.05) is 32.4 Å². The number of aryl methyl sites for hydroxylation is 1. The van der Waals surface area contributed by atoms with Crippen molar-refractivity contribution in [1.82, 2.24) is 29.9 Å². The standard InChI is InChI=1S/C21H21N7OS/c1-14-5-7-16(8-6-14)28-15(2)18(24-25-28)20(29)26-10-12-27(13-11-26)21-23-17-4-3-9-22-19(17)30-21/h3-9H,10-13H2,1-2H3. The first-order valence-corrected chi connectivity index (χ1v) is 10.7. The number of fused-ring (bicyclic) bond motifs is 1. The molecule has 0 saturated carbocycles. The van der Waals surface area contributed by atoms with Crippen LogP contribution in [0.15, 0.2) is 42.6 Å². The lowest BCUT2D eigenvalue weighted by atomic mass is 10.2. The van der Waals surface area contributed by atoms with Crippen LogP contribution >= 0.6 is 11.3 Å². The maximum Gasteiger partial charge on any atom is 0.276 e. The Morgan fingerprint density at radius 3 is 2.53 bits per heavy atom. The number of pyridine rings is 1. The molecular formula is C21H21N7OS. The van der Waals surface area contributed by atoms with Crippen LogP contribution in [0.5, 0.6) is 0 Å². The quantitative estimate of drug-likeness (QED) is 0.508. The summed E-state index contributed by atoms with van der Waals surface area (Å²) in [6.45, 7) is 6.64. The van der Waals surface area contributed by atoms with Crippen molar-refractivity contribution in [2.24, 2.45) is 0 Å². The number of carbonyl (C=O) groups is 1. The molecule has 0 N–H and O–H groups in total. The smallest absolute Gasteiger partial charge is 0.276 e. The highest BCUT2D eigenvalue weighted by atomic mass is 32.1. The third-order valence-corrected chi connectivity index (χ3v) is 6.41. The molecule has 0 unspecified atom stereocenters. The van der Waals surface area contributed by atoms with E-state index in [0.717, 1.165) is 39.9 Å². The second-order valence-electron chi connectivity index (χ2n) is 7.37. The normalized spacial score (nSPS) is 14.5. The maximum absolute atomic E-state index is 13.1. The van der Waals surface area contributed by atoms with Crippen LogP contribution in [0, 0.1) is 13.8 Å². The van der Waals surface area contributed by atoms with Crippen molar-refractivity contribution < 1.29 is 4.79 Å². The minimum Gasteiger partial charge on any atom is -0.344 e. The molecule has 4 heterocycles. The third kappa shape index (κ3) is 3.30. The molecule has 1 amide bonds. The highest BCUT2D eigenvalue weighted by Crippen LogP contribution is 2.28. The average Bonchev–Trinajstić information content (AvgIpc) is 3.38. The fourth-order valence-electron chi connectivity index (χ4n) is 3.60. The van der Waals surface area contributed by atoms with E-state index in [2.05, 4.69) is 25.2 Å². The minimum absolute atomic E-state index is 0.0727. The van der Waals surface area contributed by atoms with Gasteiger partial charge in [0.1, 0.15) is 10.3 Å². The molecule has 5 rings (SSSR count). The molecule has 152 valence electrons. The molecule has 9 heteroatoms. The molecule has 0 radical (unpaired) electrons. The van der Waals surface area contributed by atoms with Gasteiger partial charge in [0.15, 0.2) is 10.8 Å². The number of carbonyl (C=O) groups excluding carboxylic acids is 1. The van der Waals surface area contributed by atoms with Crippen LogP contribution in [0.25, 0.3) is 16.0 Å². The monoisotopic (exact) mass is 419 g/mol. The summed E-state index contributed by atoms with van der Waals surface area (Å²) in [5, 5.41) is 9.35. The van der Waals surface area contributed by atoms with Crippen molar-refractivity contribution in [3.05, 3.63) is 59.5 Å². The van der Waals surface area contributed by atoms with Crippen LogP contribution in [0.2, 0.25) is 0 Å². The second-order valence-corrected chi connectivity index (χ2v) is 8.33. The fourth-order valence-corrected chi connectivity index (χ4v) is 4.56. The molecule has 0 spiro atoms. The number of piperazine rings is 1. The molecule has 30 heavy (non-hydrogen) atoms. The van der Waals surface area contributed by atoms with Gasteiger partial charge < -0.3 is 9.80 Å². The largest absolute Gasteiger partial charge is 0.344 e. The average molecular weight is 420 g/mol. The summed E-state index contributed by atoms with van der Waals surface area (Å²) in [7, 11) is 0. The first-order valence-electron chi connectivity index (χ1n) is 9.85. The lowest BCUT2D eigenvalue weighted by Gasteiger charge is -2.34. The zero-order valence-corrected chi connectivity index (χ0v) is 17.6. The van der Waals surface area contributed by atoms with E-state index in [0.29, 0.717) is 18.8 Å². The van der Waals surface area contributed by atoms with Crippen LogP contribution in [-0.2, 0) is 0 Å². The number of nitrogens with zero attached hydrogens (tertiary/aromatic N) is 7. The van der Waals surface area contributed by atoms with Crippen molar-refractivity contribution in [1.29, 1.82) is 0 Å². The lowest BCUT2D eigenvalue weighted by Crippen LogP contribution is -2.49. The van der Waals surface area contributed by atoms with Gasteiger partial charge in [-0.15, -0.1) is 5.10 Å². The first kappa shape index (κ1) is 18.7. The molecule has 3 aromatic heterocycles. The molecule has 0 aliphatic carbocycles. The number of hydrogen-bond donors (Lipinski definition) is 0. The van der Waals surface area contributed by atoms with E-state index in [-0.39, 0.29) is 5.91 Å². The zero-order chi connectivity index (χ0) is 20.7. The summed E-state index contributed by atoms with van der Waals surface area (Å²) in [6.07, 6.45) is 1.78. The van der Waals surface area contributed by atoms with Gasteiger partial charge in [0.25, 0.3) is 5.91 Å². The highest BCUT2D eigenvalue weighted by molar-refractivity contribution is 7.21. The number of aromatic nitrogens is 5. The summed E-state index contributed by atoms with van der Waals surface area (Å²) in [6, 6.07) is 11.9. The van der Waals surface area contributed by atoms with Crippen LogP contribution in [0.3, 0.4) is 0 Å². The molecule has 0 atom stereocenters. The number of hydrogen-bond acceptors (Lipinski definition) is 7. The van der Waals surface area contributed by atoms with E-state index in [1.54, 1.807) is 22.2 Å². The molecule has 4 aromatic rings. The van der Waals surface area contributed by atoms with E-state index in [1.807, 2.05) is 55.1 Å². The number of rotatable bonds is 3. The first-order chi connectivity index (χ1) is 14.6. The van der Waals surface area contributed by atoms with Crippen LogP contribution in [0.1, 0.15) is 21.7 Å². The van der Waals surface area contributed by atoms with Gasteiger partial charge in [-0.05, 0) is 38.1 Å². The van der Waals surface area contributed by atoms with Crippen molar-refractivity contribution in [3.63, 3.8) is 0 Å². The summed E-state index contributed by atoms with van der Waals surface area (Å²) >= 11 is 1.59. The predicted molar refractivity (Wildman–Crippen MR) is 116 cm³/mol. The van der Waals surface area contributed by atoms with E-state index in [1.165, 1.54) is 5.56 Å². The fraction of sp³-hybridized carbons (Fsp3) is 0.286. The maximum atomic E-state index is 13.1. The SMILES string of the molecule is Cc1ccc(-n2nnc(C(=O)N3CCN(c4nc5cccnc5s4)CC3)c2C)cc1. The number of anilines is 1. The van der Waals surface area contributed by atoms with Gasteiger partial charge in [-0.3, -0.25) is 4.79 Å². The Balaban J connectivity index is 1.29. The molecule has 1 saturated heterocycles. The Morgan fingerprint density at radius 2 is 1.80 bits per heavy atom. The van der Waals surface area contributed by atoms with E-state index < -0.39 is 0 Å². The van der Waals surface area contributed by atoms with Gasteiger partial charge in [0.2, 0.25) is 0 Å². The van der Waals surface area contributed by atoms with Crippen molar-refractivity contribution in [2.45, 2.75) is 13.8 Å². The molecule has 1 fully saturated rings. The van der Waals surface area contributed by atoms with Crippen LogP contribution in [0.4, 0.5) is 5.13 Å². The van der Waals surface area contributed by atoms with Crippen molar-refractivity contribution in [3.8, 4) is 5.69 Å². The summed E-state index contributed by atoms with van der Waals surface area (Å²) in [5.74, 6) is -0.0727. The molecular weight excluding hydrogens is 398 g/mol. The Kier molecular flexibility index (Phi) is 4.66. The van der Waals surface area contributed by atoms with Crippen molar-refractivity contribution >= 4 is 32.7 Å². The molecule has 1 aliphatic rings. The minimum atomic E-state index is -0.0727. The zero-order valence-electron chi connectivity index (χ0n) is 16.8. The molecule has 0 bridgehead atoms. The molecule has 1 aromatic carbocycles. The summed E-state index contributed by atoms with van der Waals surface area (Å²) in [5.41, 5.74) is 4.16. The van der Waals surface area contributed by atoms with Gasteiger partial charge in [0.05, 0.1) is 11.4 Å². The Labute approximate surface area is 177 Å². The van der Waals surface area contributed by atoms with Crippen molar-refractivity contribution in [2.75, 3.05) is 31.1 Å². The number of thiazole rings is 1. The second kappa shape index (κ2) is 7.49. The van der Waals surface area contributed by atoms with Gasteiger partial charge in [-0.1, -0.05) is 34.2 Å². The third-order valence-electron chi connectivity index (χ3n) is 5.37. The summed E-state index contributed by atoms with van der Waals surface area (Å²) in [4.78, 5) is 27.1. The molecule has 1 aliphatic heterocycles. The number of benzene rings is 1. The highest BCUT2D eigenvalue weighted by Gasteiger charge is 2.27. The number of amides is 1. The summed E-state index contributed by atoms with van der Waals surface area (Å²) < 4.78 is 1.72. The van der Waals surface area contributed by atoms with Crippen LogP contribution in [-0.4, -0.2) is 61.9 Å². The van der Waals surface area contributed by atoms with E-state index >= 15 is 0 Å². The Bertz CT molecular complexity index is 1170. The topological polar surface area (TPSA) is 80.0 Å². The van der Waals surface area contributed by atoms with Gasteiger partial charge in [-0.2, -0.15) is 0 Å². The van der Waals surface area contributed by atoms with E-state index in [4.69, 9.17) is 0 Å². The predicted octanol–water partition coefficient (Wildman–Crippen LogP) is 2.85. The van der Waals surface area contributed by atoms with Crippen LogP contribution < -0.4 is 4.90 Å². The lowest BCUT2D eigenvalue weighted by molar-refractivity contribution is 0.0740.